The number of nitrogens with zero attached hydrogens (tertiary/aromatic N) is 2. The molecule has 0 radical (unpaired) electrons. The van der Waals surface area contributed by atoms with Crippen molar-refractivity contribution in [2.24, 2.45) is 11.8 Å². The zero-order chi connectivity index (χ0) is 16.9. The SMILES string of the molecule is C[C@@H]1CN(Cc2cncc(OCc3ccccc3)c2)C[C@H]1C(=O)O. The van der Waals surface area contributed by atoms with Crippen LogP contribution in [0.4, 0.5) is 0 Å². The lowest BCUT2D eigenvalue weighted by molar-refractivity contribution is -0.142. The molecule has 1 fully saturated rings. The van der Waals surface area contributed by atoms with E-state index in [1.165, 1.54) is 0 Å². The standard InChI is InChI=1S/C19H22N2O3/c1-14-10-21(12-18(14)19(22)23)11-16-7-17(9-20-8-16)24-13-15-5-3-2-4-6-15/h2-9,14,18H,10-13H2,1H3,(H,22,23)/t14-,18-/m1/s1. The van der Waals surface area contributed by atoms with Crippen molar-refractivity contribution in [3.05, 3.63) is 59.9 Å². The van der Waals surface area contributed by atoms with E-state index in [2.05, 4.69) is 9.88 Å². The Morgan fingerprint density at radius 3 is 2.75 bits per heavy atom. The maximum Gasteiger partial charge on any atom is 0.308 e. The summed E-state index contributed by atoms with van der Waals surface area (Å²) in [7, 11) is 0. The van der Waals surface area contributed by atoms with Crippen molar-refractivity contribution < 1.29 is 14.6 Å². The highest BCUT2D eigenvalue weighted by atomic mass is 16.5. The lowest BCUT2D eigenvalue weighted by Gasteiger charge is -2.15. The highest BCUT2D eigenvalue weighted by Crippen LogP contribution is 2.25. The molecule has 2 atom stereocenters. The number of likely N-dealkylation sites (tertiary alicyclic amines) is 1. The highest BCUT2D eigenvalue weighted by Gasteiger charge is 2.34. The monoisotopic (exact) mass is 326 g/mol. The van der Waals surface area contributed by atoms with E-state index in [0.717, 1.165) is 23.4 Å². The third-order valence-corrected chi connectivity index (χ3v) is 4.43. The summed E-state index contributed by atoms with van der Waals surface area (Å²) in [6.07, 6.45) is 3.52. The highest BCUT2D eigenvalue weighted by molar-refractivity contribution is 5.71. The molecule has 5 nitrogen and oxygen atoms in total. The Bertz CT molecular complexity index is 690. The normalized spacial score (nSPS) is 20.9. The Balaban J connectivity index is 1.58. The number of aromatic nitrogens is 1. The number of pyridine rings is 1. The van der Waals surface area contributed by atoms with Crippen LogP contribution in [0, 0.1) is 11.8 Å². The molecule has 3 rings (SSSR count). The molecule has 0 saturated carbocycles. The van der Waals surface area contributed by atoms with Crippen molar-refractivity contribution in [2.45, 2.75) is 20.1 Å². The van der Waals surface area contributed by atoms with E-state index in [0.29, 0.717) is 19.7 Å². The van der Waals surface area contributed by atoms with Gasteiger partial charge in [-0.2, -0.15) is 0 Å². The minimum absolute atomic E-state index is 0.174. The molecule has 1 aromatic carbocycles. The Hall–Kier alpha value is -2.40. The van der Waals surface area contributed by atoms with Crippen LogP contribution in [0.1, 0.15) is 18.1 Å². The second kappa shape index (κ2) is 7.45. The van der Waals surface area contributed by atoms with E-state index < -0.39 is 5.97 Å². The van der Waals surface area contributed by atoms with E-state index in [1.54, 1.807) is 6.20 Å². The molecule has 1 saturated heterocycles. The third kappa shape index (κ3) is 4.11. The number of hydrogen-bond acceptors (Lipinski definition) is 4. The summed E-state index contributed by atoms with van der Waals surface area (Å²) in [5.41, 5.74) is 2.15. The Kier molecular flexibility index (Phi) is 5.11. The first-order chi connectivity index (χ1) is 11.6. The van der Waals surface area contributed by atoms with Crippen LogP contribution in [0.15, 0.2) is 48.8 Å². The molecule has 1 aromatic heterocycles. The Morgan fingerprint density at radius 2 is 2.04 bits per heavy atom. The van der Waals surface area contributed by atoms with Crippen LogP contribution in [0.25, 0.3) is 0 Å². The van der Waals surface area contributed by atoms with Gasteiger partial charge in [-0.25, -0.2) is 0 Å². The molecule has 126 valence electrons. The van der Waals surface area contributed by atoms with Crippen molar-refractivity contribution in [1.29, 1.82) is 0 Å². The zero-order valence-electron chi connectivity index (χ0n) is 13.8. The van der Waals surface area contributed by atoms with Gasteiger partial charge in [-0.3, -0.25) is 14.7 Å². The molecule has 2 aromatic rings. The van der Waals surface area contributed by atoms with Gasteiger partial charge in [-0.1, -0.05) is 37.3 Å². The molecule has 2 heterocycles. The van der Waals surface area contributed by atoms with E-state index in [9.17, 15) is 9.90 Å². The smallest absolute Gasteiger partial charge is 0.308 e. The molecule has 5 heteroatoms. The van der Waals surface area contributed by atoms with Crippen molar-refractivity contribution in [1.82, 2.24) is 9.88 Å². The van der Waals surface area contributed by atoms with Crippen LogP contribution in [0.2, 0.25) is 0 Å². The molecule has 1 N–H and O–H groups in total. The number of ether oxygens (including phenoxy) is 1. The van der Waals surface area contributed by atoms with Gasteiger partial charge in [0.2, 0.25) is 0 Å². The van der Waals surface area contributed by atoms with Crippen LogP contribution in [-0.2, 0) is 17.9 Å². The molecule has 0 spiro atoms. The fourth-order valence-corrected chi connectivity index (χ4v) is 3.15. The van der Waals surface area contributed by atoms with Gasteiger partial charge in [0.05, 0.1) is 12.1 Å². The first-order valence-electron chi connectivity index (χ1n) is 8.17. The van der Waals surface area contributed by atoms with Crippen molar-refractivity contribution in [3.8, 4) is 5.75 Å². The van der Waals surface area contributed by atoms with Gasteiger partial charge < -0.3 is 9.84 Å². The second-order valence-electron chi connectivity index (χ2n) is 6.42. The van der Waals surface area contributed by atoms with E-state index in [1.807, 2.05) is 49.5 Å². The predicted octanol–water partition coefficient (Wildman–Crippen LogP) is 2.81. The van der Waals surface area contributed by atoms with Crippen molar-refractivity contribution >= 4 is 5.97 Å². The minimum atomic E-state index is -0.705. The maximum absolute atomic E-state index is 11.2. The predicted molar refractivity (Wildman–Crippen MR) is 90.6 cm³/mol. The quantitative estimate of drug-likeness (QED) is 0.884. The summed E-state index contributed by atoms with van der Waals surface area (Å²) in [6.45, 7) is 4.59. The molecule has 24 heavy (non-hydrogen) atoms. The van der Waals surface area contributed by atoms with E-state index in [4.69, 9.17) is 4.74 Å². The molecule has 1 aliphatic rings. The van der Waals surface area contributed by atoms with Gasteiger partial charge in [-0.15, -0.1) is 0 Å². The Morgan fingerprint density at radius 1 is 1.25 bits per heavy atom. The number of rotatable bonds is 6. The first-order valence-corrected chi connectivity index (χ1v) is 8.17. The van der Waals surface area contributed by atoms with Crippen LogP contribution in [-0.4, -0.2) is 34.0 Å². The average Bonchev–Trinajstić information content (AvgIpc) is 2.95. The number of benzene rings is 1. The number of carboxylic acid groups (broad SMARTS) is 1. The van der Waals surface area contributed by atoms with Crippen LogP contribution >= 0.6 is 0 Å². The third-order valence-electron chi connectivity index (χ3n) is 4.43. The second-order valence-corrected chi connectivity index (χ2v) is 6.42. The fraction of sp³-hybridized carbons (Fsp3) is 0.368. The molecule has 0 aliphatic carbocycles. The molecular formula is C19H22N2O3. The summed E-state index contributed by atoms with van der Waals surface area (Å²) in [6, 6.07) is 12.0. The summed E-state index contributed by atoms with van der Waals surface area (Å²) in [5.74, 6) is -0.0788. The van der Waals surface area contributed by atoms with Gasteiger partial charge in [0.25, 0.3) is 0 Å². The largest absolute Gasteiger partial charge is 0.487 e. The zero-order valence-corrected chi connectivity index (χ0v) is 13.8. The van der Waals surface area contributed by atoms with Gasteiger partial charge in [-0.05, 0) is 23.1 Å². The topological polar surface area (TPSA) is 62.7 Å². The van der Waals surface area contributed by atoms with Gasteiger partial charge in [0, 0.05) is 25.8 Å². The molecule has 0 amide bonds. The molecule has 0 unspecified atom stereocenters. The van der Waals surface area contributed by atoms with Crippen LogP contribution in [0.3, 0.4) is 0 Å². The lowest BCUT2D eigenvalue weighted by Crippen LogP contribution is -2.23. The van der Waals surface area contributed by atoms with Gasteiger partial charge in [0.15, 0.2) is 0 Å². The fourth-order valence-electron chi connectivity index (χ4n) is 3.15. The van der Waals surface area contributed by atoms with Crippen molar-refractivity contribution in [3.63, 3.8) is 0 Å². The maximum atomic E-state index is 11.2. The van der Waals surface area contributed by atoms with Crippen LogP contribution in [0.5, 0.6) is 5.75 Å². The molecule has 0 bridgehead atoms. The molecule has 1 aliphatic heterocycles. The Labute approximate surface area is 141 Å². The molecular weight excluding hydrogens is 304 g/mol. The minimum Gasteiger partial charge on any atom is -0.487 e. The van der Waals surface area contributed by atoms with E-state index in [-0.39, 0.29) is 11.8 Å². The van der Waals surface area contributed by atoms with E-state index >= 15 is 0 Å². The summed E-state index contributed by atoms with van der Waals surface area (Å²) >= 11 is 0. The number of carbonyl (C=O) groups is 1. The lowest BCUT2D eigenvalue weighted by atomic mass is 9.99. The first kappa shape index (κ1) is 16.5. The summed E-state index contributed by atoms with van der Waals surface area (Å²) in [5, 5.41) is 9.23. The number of aliphatic carboxylic acids is 1. The number of hydrogen-bond donors (Lipinski definition) is 1. The number of carboxylic acids is 1. The average molecular weight is 326 g/mol. The van der Waals surface area contributed by atoms with Crippen molar-refractivity contribution in [2.75, 3.05) is 13.1 Å². The van der Waals surface area contributed by atoms with Crippen LogP contribution < -0.4 is 4.74 Å². The summed E-state index contributed by atoms with van der Waals surface area (Å²) < 4.78 is 5.80. The van der Waals surface area contributed by atoms with Gasteiger partial charge >= 0.3 is 5.97 Å². The summed E-state index contributed by atoms with van der Waals surface area (Å²) in [4.78, 5) is 17.6. The van der Waals surface area contributed by atoms with Gasteiger partial charge in [0.1, 0.15) is 12.4 Å².